The summed E-state index contributed by atoms with van der Waals surface area (Å²) in [5.41, 5.74) is 1.39. The number of hydrogen-bond donors (Lipinski definition) is 1. The van der Waals surface area contributed by atoms with Crippen molar-refractivity contribution in [2.24, 2.45) is 10.9 Å². The molecule has 8 heteroatoms. The number of carbonyl (C=O) groups excluding carboxylic acids is 3. The summed E-state index contributed by atoms with van der Waals surface area (Å²) in [7, 11) is 1.31. The second-order valence-corrected chi connectivity index (χ2v) is 6.52. The number of nitrogens with one attached hydrogen (secondary N) is 1. The largest absolute Gasteiger partial charge is 0.468 e. The molecule has 1 aromatic carbocycles. The molecule has 0 unspecified atom stereocenters. The van der Waals surface area contributed by atoms with Crippen molar-refractivity contribution in [3.63, 3.8) is 0 Å². The third-order valence-corrected chi connectivity index (χ3v) is 4.26. The van der Waals surface area contributed by atoms with E-state index in [1.54, 1.807) is 36.6 Å². The Labute approximate surface area is 143 Å². The maximum Gasteiger partial charge on any atom is 0.325 e. The van der Waals surface area contributed by atoms with Gasteiger partial charge in [-0.2, -0.15) is 4.99 Å². The second kappa shape index (κ2) is 7.39. The number of thiazole rings is 1. The second-order valence-electron chi connectivity index (χ2n) is 5.52. The molecule has 1 N–H and O–H groups in total. The van der Waals surface area contributed by atoms with Crippen molar-refractivity contribution >= 4 is 45.0 Å². The summed E-state index contributed by atoms with van der Waals surface area (Å²) < 4.78 is 7.17. The van der Waals surface area contributed by atoms with Crippen molar-refractivity contribution in [1.82, 2.24) is 4.57 Å². The SMILES string of the molecule is COC(=O)Cn1c(=NC(=O)C(C)C)sc2cc(NC(C)=O)ccc21. The van der Waals surface area contributed by atoms with Crippen LogP contribution in [0.2, 0.25) is 0 Å². The highest BCUT2D eigenvalue weighted by atomic mass is 32.1. The van der Waals surface area contributed by atoms with E-state index in [-0.39, 0.29) is 24.3 Å². The molecule has 7 nitrogen and oxygen atoms in total. The fourth-order valence-corrected chi connectivity index (χ4v) is 3.08. The van der Waals surface area contributed by atoms with E-state index in [0.717, 1.165) is 10.2 Å². The Kier molecular flexibility index (Phi) is 5.50. The summed E-state index contributed by atoms with van der Waals surface area (Å²) in [5, 5.41) is 2.71. The molecule has 2 amide bonds. The lowest BCUT2D eigenvalue weighted by molar-refractivity contribution is -0.141. The summed E-state index contributed by atoms with van der Waals surface area (Å²) >= 11 is 1.28. The zero-order valence-electron chi connectivity index (χ0n) is 14.0. The van der Waals surface area contributed by atoms with Gasteiger partial charge in [-0.15, -0.1) is 0 Å². The van der Waals surface area contributed by atoms with E-state index in [2.05, 4.69) is 10.3 Å². The van der Waals surface area contributed by atoms with Crippen molar-refractivity contribution in [3.8, 4) is 0 Å². The van der Waals surface area contributed by atoms with Crippen LogP contribution in [-0.2, 0) is 25.7 Å². The predicted molar refractivity (Wildman–Crippen MR) is 91.5 cm³/mol. The van der Waals surface area contributed by atoms with Crippen molar-refractivity contribution in [3.05, 3.63) is 23.0 Å². The normalized spacial score (nSPS) is 11.8. The van der Waals surface area contributed by atoms with Crippen LogP contribution in [-0.4, -0.2) is 29.5 Å². The summed E-state index contributed by atoms with van der Waals surface area (Å²) in [5.74, 6) is -1.11. The smallest absolute Gasteiger partial charge is 0.325 e. The number of fused-ring (bicyclic) bond motifs is 1. The van der Waals surface area contributed by atoms with Crippen LogP contribution in [0.1, 0.15) is 20.8 Å². The van der Waals surface area contributed by atoms with E-state index in [4.69, 9.17) is 4.74 Å². The highest BCUT2D eigenvalue weighted by Gasteiger charge is 2.13. The Balaban J connectivity index is 2.61. The van der Waals surface area contributed by atoms with Crippen molar-refractivity contribution in [1.29, 1.82) is 0 Å². The van der Waals surface area contributed by atoms with Gasteiger partial charge in [-0.25, -0.2) is 0 Å². The molecule has 128 valence electrons. The van der Waals surface area contributed by atoms with Crippen molar-refractivity contribution in [2.75, 3.05) is 12.4 Å². The molecule has 0 aliphatic heterocycles. The monoisotopic (exact) mass is 349 g/mol. The van der Waals surface area contributed by atoms with Crippen molar-refractivity contribution in [2.45, 2.75) is 27.3 Å². The number of amides is 2. The third kappa shape index (κ3) is 4.08. The first-order chi connectivity index (χ1) is 11.3. The molecule has 2 aromatic rings. The topological polar surface area (TPSA) is 89.8 Å². The van der Waals surface area contributed by atoms with E-state index in [1.165, 1.54) is 25.4 Å². The maximum absolute atomic E-state index is 12.0. The van der Waals surface area contributed by atoms with Gasteiger partial charge in [-0.3, -0.25) is 14.4 Å². The van der Waals surface area contributed by atoms with E-state index in [9.17, 15) is 14.4 Å². The molecule has 24 heavy (non-hydrogen) atoms. The molecule has 1 heterocycles. The van der Waals surface area contributed by atoms with Crippen LogP contribution in [0.5, 0.6) is 0 Å². The third-order valence-electron chi connectivity index (χ3n) is 3.22. The van der Waals surface area contributed by atoms with Gasteiger partial charge in [-0.05, 0) is 18.2 Å². The van der Waals surface area contributed by atoms with Crippen LogP contribution in [0.3, 0.4) is 0 Å². The van der Waals surface area contributed by atoms with Gasteiger partial charge in [-0.1, -0.05) is 25.2 Å². The number of aromatic nitrogens is 1. The summed E-state index contributed by atoms with van der Waals surface area (Å²) in [6, 6.07) is 5.30. The van der Waals surface area contributed by atoms with Gasteiger partial charge in [0.15, 0.2) is 4.80 Å². The molecule has 1 aromatic heterocycles. The van der Waals surface area contributed by atoms with Crippen LogP contribution in [0.4, 0.5) is 5.69 Å². The van der Waals surface area contributed by atoms with Gasteiger partial charge >= 0.3 is 5.97 Å². The quantitative estimate of drug-likeness (QED) is 0.854. The fourth-order valence-electron chi connectivity index (χ4n) is 2.01. The molecule has 0 radical (unpaired) electrons. The first-order valence-corrected chi connectivity index (χ1v) is 8.20. The molecule has 0 spiro atoms. The zero-order valence-corrected chi connectivity index (χ0v) is 14.8. The van der Waals surface area contributed by atoms with Crippen molar-refractivity contribution < 1.29 is 19.1 Å². The molecule has 0 saturated heterocycles. The lowest BCUT2D eigenvalue weighted by Gasteiger charge is -2.05. The van der Waals surface area contributed by atoms with E-state index < -0.39 is 5.97 Å². The Morgan fingerprint density at radius 3 is 2.62 bits per heavy atom. The average molecular weight is 349 g/mol. The minimum Gasteiger partial charge on any atom is -0.468 e. The van der Waals surface area contributed by atoms with Gasteiger partial charge in [0, 0.05) is 18.5 Å². The fraction of sp³-hybridized carbons (Fsp3) is 0.375. The van der Waals surface area contributed by atoms with Crippen LogP contribution in [0, 0.1) is 5.92 Å². The van der Waals surface area contributed by atoms with Gasteiger partial charge in [0.25, 0.3) is 5.91 Å². The van der Waals surface area contributed by atoms with E-state index in [0.29, 0.717) is 10.5 Å². The minimum absolute atomic E-state index is 0.0415. The lowest BCUT2D eigenvalue weighted by atomic mass is 10.2. The standard InChI is InChI=1S/C16H19N3O4S/c1-9(2)15(22)18-16-19(8-14(21)23-4)12-6-5-11(17-10(3)20)7-13(12)24-16/h5-7,9H,8H2,1-4H3,(H,17,20). The molecule has 0 saturated carbocycles. The molecular formula is C16H19N3O4S. The zero-order chi connectivity index (χ0) is 17.9. The number of ether oxygens (including phenoxy) is 1. The average Bonchev–Trinajstić information content (AvgIpc) is 2.83. The Bertz CT molecular complexity index is 864. The predicted octanol–water partition coefficient (Wildman–Crippen LogP) is 1.92. The highest BCUT2D eigenvalue weighted by molar-refractivity contribution is 7.16. The first kappa shape index (κ1) is 17.9. The summed E-state index contributed by atoms with van der Waals surface area (Å²) in [6.45, 7) is 4.91. The molecule has 2 rings (SSSR count). The van der Waals surface area contributed by atoms with Gasteiger partial charge in [0.05, 0.1) is 17.3 Å². The molecule has 0 bridgehead atoms. The molecule has 0 fully saturated rings. The number of anilines is 1. The van der Waals surface area contributed by atoms with Gasteiger partial charge < -0.3 is 14.6 Å². The minimum atomic E-state index is -0.431. The first-order valence-electron chi connectivity index (χ1n) is 7.38. The Morgan fingerprint density at radius 1 is 1.33 bits per heavy atom. The number of hydrogen-bond acceptors (Lipinski definition) is 5. The Morgan fingerprint density at radius 2 is 2.04 bits per heavy atom. The van der Waals surface area contributed by atoms with Crippen LogP contribution >= 0.6 is 11.3 Å². The van der Waals surface area contributed by atoms with Crippen LogP contribution in [0.25, 0.3) is 10.2 Å². The summed E-state index contributed by atoms with van der Waals surface area (Å²) in [4.78, 5) is 39.4. The number of rotatable bonds is 4. The highest BCUT2D eigenvalue weighted by Crippen LogP contribution is 2.22. The number of benzene rings is 1. The number of nitrogens with zero attached hydrogens (tertiary/aromatic N) is 2. The molecule has 0 aliphatic carbocycles. The van der Waals surface area contributed by atoms with Crippen LogP contribution < -0.4 is 10.1 Å². The van der Waals surface area contributed by atoms with Crippen LogP contribution in [0.15, 0.2) is 23.2 Å². The Hall–Kier alpha value is -2.48. The summed E-state index contributed by atoms with van der Waals surface area (Å²) in [6.07, 6.45) is 0. The lowest BCUT2D eigenvalue weighted by Crippen LogP contribution is -2.23. The van der Waals surface area contributed by atoms with E-state index >= 15 is 0 Å². The van der Waals surface area contributed by atoms with Gasteiger partial charge in [0.1, 0.15) is 6.54 Å². The number of carbonyl (C=O) groups is 3. The molecule has 0 atom stereocenters. The number of methoxy groups -OCH3 is 1. The molecule has 0 aliphatic rings. The van der Waals surface area contributed by atoms with E-state index in [1.807, 2.05) is 0 Å². The molecular weight excluding hydrogens is 330 g/mol. The maximum atomic E-state index is 12.0. The number of esters is 1. The van der Waals surface area contributed by atoms with Gasteiger partial charge in [0.2, 0.25) is 5.91 Å².